The van der Waals surface area contributed by atoms with E-state index in [9.17, 15) is 19.2 Å². The normalized spacial score (nSPS) is 10.4. The van der Waals surface area contributed by atoms with Crippen molar-refractivity contribution in [1.82, 2.24) is 0 Å². The molecule has 0 saturated carbocycles. The monoisotopic (exact) mass is 562 g/mol. The van der Waals surface area contributed by atoms with Gasteiger partial charge in [0.15, 0.2) is 24.8 Å². The first-order chi connectivity index (χ1) is 18.8. The molecule has 0 aliphatic heterocycles. The summed E-state index contributed by atoms with van der Waals surface area (Å²) in [6.45, 7) is -0.800. The molecule has 0 aromatic heterocycles. The van der Waals surface area contributed by atoms with Gasteiger partial charge in [-0.25, -0.2) is 9.59 Å². The lowest BCUT2D eigenvalue weighted by Crippen LogP contribution is -2.14. The van der Waals surface area contributed by atoms with Crippen LogP contribution in [0, 0.1) is 0 Å². The van der Waals surface area contributed by atoms with E-state index in [0.29, 0.717) is 32.7 Å². The van der Waals surface area contributed by atoms with E-state index in [1.54, 1.807) is 72.8 Å². The average molecular weight is 563 g/mol. The first-order valence-corrected chi connectivity index (χ1v) is 12.3. The van der Waals surface area contributed by atoms with Crippen molar-refractivity contribution < 1.29 is 33.4 Å². The van der Waals surface area contributed by atoms with Crippen molar-refractivity contribution in [2.75, 3.05) is 13.2 Å². The quantitative estimate of drug-likeness (QED) is 0.154. The molecule has 0 unspecified atom stereocenters. The van der Waals surface area contributed by atoms with Gasteiger partial charge in [-0.3, -0.25) is 9.59 Å². The molecule has 39 heavy (non-hydrogen) atoms. The highest BCUT2D eigenvalue weighted by molar-refractivity contribution is 6.31. The van der Waals surface area contributed by atoms with Crippen molar-refractivity contribution >= 4 is 46.7 Å². The highest BCUT2D eigenvalue weighted by Gasteiger charge is 2.14. The maximum atomic E-state index is 12.3. The predicted octanol–water partition coefficient (Wildman–Crippen LogP) is 6.87. The zero-order valence-corrected chi connectivity index (χ0v) is 21.8. The van der Waals surface area contributed by atoms with E-state index in [4.69, 9.17) is 37.4 Å². The first-order valence-electron chi connectivity index (χ1n) is 11.6. The molecular weight excluding hydrogens is 543 g/mol. The maximum absolute atomic E-state index is 12.3. The van der Waals surface area contributed by atoms with Crippen LogP contribution >= 0.6 is 23.2 Å². The fraction of sp³-hybridized carbons (Fsp3) is 0.0667. The van der Waals surface area contributed by atoms with Crippen LogP contribution < -0.4 is 4.74 Å². The average Bonchev–Trinajstić information content (AvgIpc) is 2.96. The Labute approximate surface area is 233 Å². The lowest BCUT2D eigenvalue weighted by atomic mass is 10.1. The second-order valence-corrected chi connectivity index (χ2v) is 9.04. The van der Waals surface area contributed by atoms with Crippen molar-refractivity contribution in [3.63, 3.8) is 0 Å². The Kier molecular flexibility index (Phi) is 9.10. The summed E-state index contributed by atoms with van der Waals surface area (Å²) < 4.78 is 15.9. The second kappa shape index (κ2) is 12.9. The molecule has 0 atom stereocenters. The van der Waals surface area contributed by atoms with Crippen molar-refractivity contribution in [2.24, 2.45) is 0 Å². The lowest BCUT2D eigenvalue weighted by molar-refractivity contribution is 0.0472. The summed E-state index contributed by atoms with van der Waals surface area (Å²) in [4.78, 5) is 48.9. The smallest absolute Gasteiger partial charge is 0.338 e. The van der Waals surface area contributed by atoms with Crippen LogP contribution in [-0.4, -0.2) is 36.7 Å². The third kappa shape index (κ3) is 7.77. The van der Waals surface area contributed by atoms with Crippen molar-refractivity contribution in [2.45, 2.75) is 0 Å². The number of ether oxygens (including phenoxy) is 3. The summed E-state index contributed by atoms with van der Waals surface area (Å²) in [6, 6.07) is 24.9. The molecule has 0 spiro atoms. The molecule has 7 nitrogen and oxygen atoms in total. The van der Waals surface area contributed by atoms with Gasteiger partial charge in [0.05, 0.1) is 11.1 Å². The predicted molar refractivity (Wildman–Crippen MR) is 145 cm³/mol. The Morgan fingerprint density at radius 3 is 1.10 bits per heavy atom. The molecule has 9 heteroatoms. The molecule has 0 radical (unpaired) electrons. The van der Waals surface area contributed by atoms with Gasteiger partial charge in [-0.15, -0.1) is 0 Å². The van der Waals surface area contributed by atoms with Gasteiger partial charge in [0.1, 0.15) is 11.5 Å². The second-order valence-electron chi connectivity index (χ2n) is 8.16. The number of esters is 2. The number of hydrogen-bond acceptors (Lipinski definition) is 7. The topological polar surface area (TPSA) is 96.0 Å². The minimum atomic E-state index is -0.652. The SMILES string of the molecule is O=C(COC(=O)c1ccc(Oc2ccc(C(=O)OCC(=O)c3ccc(Cl)cc3)cc2)cc1)c1ccc(Cl)cc1. The Hall–Kier alpha value is -4.46. The molecule has 0 saturated heterocycles. The van der Waals surface area contributed by atoms with Gasteiger partial charge < -0.3 is 14.2 Å². The number of carbonyl (C=O) groups excluding carboxylic acids is 4. The summed E-state index contributed by atoms with van der Waals surface area (Å²) in [5.74, 6) is -1.12. The van der Waals surface area contributed by atoms with E-state index in [-0.39, 0.29) is 22.7 Å². The van der Waals surface area contributed by atoms with Gasteiger partial charge in [0.2, 0.25) is 0 Å². The molecule has 0 aliphatic carbocycles. The highest BCUT2D eigenvalue weighted by atomic mass is 35.5. The van der Waals surface area contributed by atoms with Gasteiger partial charge in [-0.05, 0) is 97.1 Å². The number of benzene rings is 4. The van der Waals surface area contributed by atoms with E-state index in [2.05, 4.69) is 0 Å². The lowest BCUT2D eigenvalue weighted by Gasteiger charge is -2.08. The number of hydrogen-bond donors (Lipinski definition) is 0. The van der Waals surface area contributed by atoms with Crippen LogP contribution in [0.5, 0.6) is 11.5 Å². The van der Waals surface area contributed by atoms with Crippen molar-refractivity contribution in [3.05, 3.63) is 129 Å². The van der Waals surface area contributed by atoms with Gasteiger partial charge in [0.25, 0.3) is 0 Å². The number of ketones is 2. The van der Waals surface area contributed by atoms with Gasteiger partial charge in [-0.2, -0.15) is 0 Å². The largest absolute Gasteiger partial charge is 0.457 e. The minimum Gasteiger partial charge on any atom is -0.457 e. The molecule has 4 aromatic carbocycles. The summed E-state index contributed by atoms with van der Waals surface area (Å²) in [5, 5.41) is 1.01. The zero-order valence-electron chi connectivity index (χ0n) is 20.3. The Morgan fingerprint density at radius 1 is 0.462 bits per heavy atom. The van der Waals surface area contributed by atoms with Crippen LogP contribution in [0.25, 0.3) is 0 Å². The molecule has 4 rings (SSSR count). The summed E-state index contributed by atoms with van der Waals surface area (Å²) in [6.07, 6.45) is 0. The maximum Gasteiger partial charge on any atom is 0.338 e. The molecule has 0 bridgehead atoms. The third-order valence-corrected chi connectivity index (χ3v) is 5.92. The van der Waals surface area contributed by atoms with E-state index in [1.807, 2.05) is 0 Å². The molecule has 0 amide bonds. The molecule has 4 aromatic rings. The molecule has 0 N–H and O–H groups in total. The van der Waals surface area contributed by atoms with Gasteiger partial charge in [-0.1, -0.05) is 23.2 Å². The highest BCUT2D eigenvalue weighted by Crippen LogP contribution is 2.23. The van der Waals surface area contributed by atoms with Crippen LogP contribution in [-0.2, 0) is 9.47 Å². The van der Waals surface area contributed by atoms with Crippen LogP contribution in [0.15, 0.2) is 97.1 Å². The molecule has 0 aliphatic rings. The molecule has 0 fully saturated rings. The van der Waals surface area contributed by atoms with Crippen LogP contribution in [0.2, 0.25) is 10.0 Å². The fourth-order valence-electron chi connectivity index (χ4n) is 3.32. The number of halogens is 2. The van der Waals surface area contributed by atoms with Crippen LogP contribution in [0.4, 0.5) is 0 Å². The summed E-state index contributed by atoms with van der Waals surface area (Å²) in [7, 11) is 0. The van der Waals surface area contributed by atoms with Crippen LogP contribution in [0.1, 0.15) is 41.4 Å². The Morgan fingerprint density at radius 2 is 0.769 bits per heavy atom. The van der Waals surface area contributed by atoms with Gasteiger partial charge >= 0.3 is 11.9 Å². The third-order valence-electron chi connectivity index (χ3n) is 5.42. The summed E-state index contributed by atoms with van der Waals surface area (Å²) in [5.41, 5.74) is 1.28. The van der Waals surface area contributed by atoms with Crippen LogP contribution in [0.3, 0.4) is 0 Å². The standard InChI is InChI=1S/C30H20Cl2O7/c31-23-9-1-19(2-10-23)27(33)17-37-29(35)21-5-13-25(14-6-21)39-26-15-7-22(8-16-26)30(36)38-18-28(34)20-3-11-24(32)12-4-20/h1-16H,17-18H2. The van der Waals surface area contributed by atoms with E-state index in [1.165, 1.54) is 24.3 Å². The van der Waals surface area contributed by atoms with E-state index >= 15 is 0 Å². The van der Waals surface area contributed by atoms with Gasteiger partial charge in [0, 0.05) is 21.2 Å². The number of Topliss-reactive ketones (excluding diaryl/α,β-unsaturated/α-hetero) is 2. The zero-order chi connectivity index (χ0) is 27.8. The number of rotatable bonds is 10. The Bertz CT molecular complexity index is 1360. The number of carbonyl (C=O) groups is 4. The summed E-state index contributed by atoms with van der Waals surface area (Å²) >= 11 is 11.6. The van der Waals surface area contributed by atoms with Crippen molar-refractivity contribution in [1.29, 1.82) is 0 Å². The minimum absolute atomic E-state index is 0.248. The molecule has 196 valence electrons. The Balaban J connectivity index is 1.26. The molecular formula is C30H20Cl2O7. The molecule has 0 heterocycles. The van der Waals surface area contributed by atoms with E-state index in [0.717, 1.165) is 0 Å². The fourth-order valence-corrected chi connectivity index (χ4v) is 3.57. The van der Waals surface area contributed by atoms with Crippen molar-refractivity contribution in [3.8, 4) is 11.5 Å². The van der Waals surface area contributed by atoms with E-state index < -0.39 is 25.2 Å². The first kappa shape index (κ1) is 27.6.